The zero-order valence-corrected chi connectivity index (χ0v) is 8.58. The first-order valence-corrected chi connectivity index (χ1v) is 5.61. The van der Waals surface area contributed by atoms with Gasteiger partial charge in [0.15, 0.2) is 0 Å². The lowest BCUT2D eigenvalue weighted by Gasteiger charge is -2.28. The number of nitrogens with zero attached hydrogens (tertiary/aromatic N) is 1. The molecule has 4 nitrogen and oxygen atoms in total. The molecule has 0 aromatic heterocycles. The number of guanidine groups is 1. The number of hydrogen-bond donors (Lipinski definition) is 3. The van der Waals surface area contributed by atoms with Crippen molar-refractivity contribution in [2.45, 2.75) is 44.6 Å². The van der Waals surface area contributed by atoms with Crippen LogP contribution in [0.2, 0.25) is 0 Å². The summed E-state index contributed by atoms with van der Waals surface area (Å²) in [5.41, 5.74) is 8.02. The first-order valence-electron chi connectivity index (χ1n) is 5.61. The second kappa shape index (κ2) is 4.17. The van der Waals surface area contributed by atoms with E-state index in [0.29, 0.717) is 12.0 Å². The van der Waals surface area contributed by atoms with E-state index in [4.69, 9.17) is 11.6 Å². The molecule has 0 amide bonds. The topological polar surface area (TPSA) is 76.4 Å². The fourth-order valence-corrected chi connectivity index (χ4v) is 2.59. The van der Waals surface area contributed by atoms with Crippen LogP contribution in [0.5, 0.6) is 0 Å². The molecule has 2 rings (SSSR count). The number of rotatable bonds is 2. The molecule has 2 aliphatic carbocycles. The summed E-state index contributed by atoms with van der Waals surface area (Å²) in [7, 11) is 0. The third-order valence-electron chi connectivity index (χ3n) is 3.46. The van der Waals surface area contributed by atoms with E-state index in [9.17, 15) is 0 Å². The van der Waals surface area contributed by atoms with E-state index in [1.807, 2.05) is 0 Å². The summed E-state index contributed by atoms with van der Waals surface area (Å²) in [6.45, 7) is 0. The Morgan fingerprint density at radius 1 is 1.14 bits per heavy atom. The summed E-state index contributed by atoms with van der Waals surface area (Å²) in [5.74, 6) is 7.31. The molecule has 2 atom stereocenters. The molecule has 0 saturated heterocycles. The lowest BCUT2D eigenvalue weighted by atomic mass is 9.82. The van der Waals surface area contributed by atoms with Gasteiger partial charge in [0.25, 0.3) is 0 Å². The van der Waals surface area contributed by atoms with Crippen LogP contribution in [0.4, 0.5) is 0 Å². The van der Waals surface area contributed by atoms with Crippen LogP contribution in [0.1, 0.15) is 38.5 Å². The number of aliphatic imine (C=N–C) groups is 1. The van der Waals surface area contributed by atoms with Gasteiger partial charge in [-0.2, -0.15) is 0 Å². The lowest BCUT2D eigenvalue weighted by Crippen LogP contribution is -2.39. The minimum Gasteiger partial charge on any atom is -0.369 e. The largest absolute Gasteiger partial charge is 0.369 e. The summed E-state index contributed by atoms with van der Waals surface area (Å²) < 4.78 is 0. The van der Waals surface area contributed by atoms with E-state index >= 15 is 0 Å². The van der Waals surface area contributed by atoms with Crippen molar-refractivity contribution in [2.24, 2.45) is 28.4 Å². The van der Waals surface area contributed by atoms with E-state index < -0.39 is 0 Å². The average Bonchev–Trinajstić information content (AvgIpc) is 3.02. The molecule has 0 aliphatic heterocycles. The fourth-order valence-electron chi connectivity index (χ4n) is 2.59. The van der Waals surface area contributed by atoms with E-state index in [1.54, 1.807) is 0 Å². The van der Waals surface area contributed by atoms with Crippen LogP contribution < -0.4 is 17.0 Å². The van der Waals surface area contributed by atoms with Crippen LogP contribution in [-0.2, 0) is 0 Å². The summed E-state index contributed by atoms with van der Waals surface area (Å²) in [6, 6.07) is 0.423. The zero-order chi connectivity index (χ0) is 9.97. The number of hydrogen-bond acceptors (Lipinski definition) is 2. The molecule has 5 N–H and O–H groups in total. The zero-order valence-electron chi connectivity index (χ0n) is 8.58. The fraction of sp³-hybridized carbons (Fsp3) is 0.900. The van der Waals surface area contributed by atoms with Crippen LogP contribution in [0.25, 0.3) is 0 Å². The van der Waals surface area contributed by atoms with Crippen LogP contribution in [0.15, 0.2) is 4.99 Å². The highest BCUT2D eigenvalue weighted by Crippen LogP contribution is 2.44. The Hall–Kier alpha value is -0.770. The Bertz CT molecular complexity index is 222. The van der Waals surface area contributed by atoms with Crippen LogP contribution in [-0.4, -0.2) is 12.0 Å². The van der Waals surface area contributed by atoms with E-state index in [0.717, 1.165) is 11.8 Å². The van der Waals surface area contributed by atoms with E-state index in [2.05, 4.69) is 10.4 Å². The van der Waals surface area contributed by atoms with Crippen molar-refractivity contribution in [1.82, 2.24) is 5.43 Å². The van der Waals surface area contributed by atoms with Gasteiger partial charge in [-0.05, 0) is 37.5 Å². The van der Waals surface area contributed by atoms with Gasteiger partial charge < -0.3 is 5.73 Å². The molecule has 0 spiro atoms. The van der Waals surface area contributed by atoms with Gasteiger partial charge in [0.05, 0.1) is 6.04 Å². The molecule has 2 aliphatic rings. The maximum Gasteiger partial charge on any atom is 0.203 e. The highest BCUT2D eigenvalue weighted by Gasteiger charge is 2.37. The Kier molecular flexibility index (Phi) is 2.91. The van der Waals surface area contributed by atoms with Gasteiger partial charge in [0, 0.05) is 0 Å². The minimum atomic E-state index is 0.391. The standard InChI is InChI=1S/C10H20N4/c11-10(14-12)13-9-4-2-1-3-8(9)7-5-6-7/h7-9H,1-6,12H2,(H3,11,13,14). The third-order valence-corrected chi connectivity index (χ3v) is 3.46. The monoisotopic (exact) mass is 196 g/mol. The average molecular weight is 196 g/mol. The van der Waals surface area contributed by atoms with E-state index in [-0.39, 0.29) is 0 Å². The molecule has 80 valence electrons. The van der Waals surface area contributed by atoms with Crippen molar-refractivity contribution < 1.29 is 0 Å². The quantitative estimate of drug-likeness (QED) is 0.264. The molecule has 0 aromatic carbocycles. The smallest absolute Gasteiger partial charge is 0.203 e. The SMILES string of the molecule is NNC(N)=NC1CCCCC1C1CC1. The van der Waals surface area contributed by atoms with Gasteiger partial charge in [-0.1, -0.05) is 12.8 Å². The van der Waals surface area contributed by atoms with Crippen molar-refractivity contribution in [3.05, 3.63) is 0 Å². The minimum absolute atomic E-state index is 0.391. The predicted octanol–water partition coefficient (Wildman–Crippen LogP) is 0.733. The molecule has 0 bridgehead atoms. The highest BCUT2D eigenvalue weighted by atomic mass is 15.3. The van der Waals surface area contributed by atoms with Gasteiger partial charge in [0.1, 0.15) is 0 Å². The highest BCUT2D eigenvalue weighted by molar-refractivity contribution is 5.77. The van der Waals surface area contributed by atoms with Gasteiger partial charge in [-0.15, -0.1) is 0 Å². The lowest BCUT2D eigenvalue weighted by molar-refractivity contribution is 0.278. The molecule has 0 heterocycles. The molecule has 2 fully saturated rings. The number of nitrogens with two attached hydrogens (primary N) is 2. The third kappa shape index (κ3) is 2.18. The van der Waals surface area contributed by atoms with Crippen molar-refractivity contribution >= 4 is 5.96 Å². The Morgan fingerprint density at radius 2 is 1.86 bits per heavy atom. The van der Waals surface area contributed by atoms with E-state index in [1.165, 1.54) is 38.5 Å². The summed E-state index contributed by atoms with van der Waals surface area (Å²) in [5, 5.41) is 0. The number of nitrogens with one attached hydrogen (secondary N) is 1. The van der Waals surface area contributed by atoms with Gasteiger partial charge >= 0.3 is 0 Å². The van der Waals surface area contributed by atoms with Crippen molar-refractivity contribution in [1.29, 1.82) is 0 Å². The molecule has 2 saturated carbocycles. The second-order valence-electron chi connectivity index (χ2n) is 4.51. The Morgan fingerprint density at radius 3 is 2.50 bits per heavy atom. The van der Waals surface area contributed by atoms with Crippen LogP contribution in [0, 0.1) is 11.8 Å². The Labute approximate surface area is 85.1 Å². The van der Waals surface area contributed by atoms with Gasteiger partial charge in [-0.3, -0.25) is 5.43 Å². The van der Waals surface area contributed by atoms with Crippen LogP contribution in [0.3, 0.4) is 0 Å². The molecule has 14 heavy (non-hydrogen) atoms. The van der Waals surface area contributed by atoms with Gasteiger partial charge in [-0.25, -0.2) is 10.8 Å². The van der Waals surface area contributed by atoms with Crippen molar-refractivity contribution in [2.75, 3.05) is 0 Å². The first kappa shape index (κ1) is 9.77. The first-order chi connectivity index (χ1) is 6.81. The number of hydrazine groups is 1. The van der Waals surface area contributed by atoms with Crippen molar-refractivity contribution in [3.63, 3.8) is 0 Å². The molecular weight excluding hydrogens is 176 g/mol. The summed E-state index contributed by atoms with van der Waals surface area (Å²) in [6.07, 6.45) is 7.96. The van der Waals surface area contributed by atoms with Crippen molar-refractivity contribution in [3.8, 4) is 0 Å². The maximum absolute atomic E-state index is 5.60. The van der Waals surface area contributed by atoms with Crippen LogP contribution >= 0.6 is 0 Å². The summed E-state index contributed by atoms with van der Waals surface area (Å²) in [4.78, 5) is 4.46. The maximum atomic E-state index is 5.60. The molecular formula is C10H20N4. The molecule has 0 radical (unpaired) electrons. The summed E-state index contributed by atoms with van der Waals surface area (Å²) >= 11 is 0. The molecule has 4 heteroatoms. The Balaban J connectivity index is 1.98. The molecule has 2 unspecified atom stereocenters. The normalized spacial score (nSPS) is 34.2. The second-order valence-corrected chi connectivity index (χ2v) is 4.51. The van der Waals surface area contributed by atoms with Gasteiger partial charge in [0.2, 0.25) is 5.96 Å². The predicted molar refractivity (Wildman–Crippen MR) is 57.4 cm³/mol. The molecule has 0 aromatic rings.